The van der Waals surface area contributed by atoms with Gasteiger partial charge in [0.2, 0.25) is 15.6 Å². The van der Waals surface area contributed by atoms with Crippen molar-refractivity contribution in [3.63, 3.8) is 0 Å². The summed E-state index contributed by atoms with van der Waals surface area (Å²) in [6, 6.07) is 25.0. The number of ketones is 1. The predicted molar refractivity (Wildman–Crippen MR) is 135 cm³/mol. The summed E-state index contributed by atoms with van der Waals surface area (Å²) in [5, 5.41) is 10.9. The number of hydrogen-bond donors (Lipinski definition) is 0. The number of carbonyl (C=O) groups excluding carboxylic acids is 2. The Morgan fingerprint density at radius 1 is 0.811 bits per heavy atom. The zero-order chi connectivity index (χ0) is 26.6. The van der Waals surface area contributed by atoms with E-state index in [1.807, 2.05) is 6.92 Å². The lowest BCUT2D eigenvalue weighted by molar-refractivity contribution is -0.384. The average molecular weight is 516 g/mol. The van der Waals surface area contributed by atoms with Crippen LogP contribution in [-0.4, -0.2) is 25.1 Å². The molecule has 8 nitrogen and oxygen atoms in total. The first-order valence-corrected chi connectivity index (χ1v) is 12.6. The van der Waals surface area contributed by atoms with E-state index in [4.69, 9.17) is 4.74 Å². The van der Waals surface area contributed by atoms with Gasteiger partial charge in [-0.25, -0.2) is 13.2 Å². The number of nitro groups is 1. The predicted octanol–water partition coefficient (Wildman–Crippen LogP) is 5.52. The molecular weight excluding hydrogens is 494 g/mol. The van der Waals surface area contributed by atoms with Gasteiger partial charge in [0.15, 0.2) is 6.10 Å². The Kier molecular flexibility index (Phi) is 7.26. The van der Waals surface area contributed by atoms with Crippen molar-refractivity contribution in [1.29, 1.82) is 0 Å². The van der Waals surface area contributed by atoms with Gasteiger partial charge in [-0.15, -0.1) is 0 Å². The Balaban J connectivity index is 1.71. The highest BCUT2D eigenvalue weighted by Gasteiger charge is 2.30. The summed E-state index contributed by atoms with van der Waals surface area (Å²) < 4.78 is 32.3. The molecule has 4 rings (SSSR count). The molecule has 0 saturated carbocycles. The van der Waals surface area contributed by atoms with Crippen molar-refractivity contribution in [2.24, 2.45) is 0 Å². The van der Waals surface area contributed by atoms with Crippen LogP contribution in [0.3, 0.4) is 0 Å². The molecule has 0 amide bonds. The fourth-order valence-electron chi connectivity index (χ4n) is 3.68. The number of ether oxygens (including phenoxy) is 1. The van der Waals surface area contributed by atoms with Crippen molar-refractivity contribution in [2.75, 3.05) is 0 Å². The van der Waals surface area contributed by atoms with Crippen molar-refractivity contribution < 1.29 is 27.7 Å². The molecule has 0 spiro atoms. The first-order chi connectivity index (χ1) is 17.7. The van der Waals surface area contributed by atoms with Gasteiger partial charge >= 0.3 is 5.97 Å². The lowest BCUT2D eigenvalue weighted by Gasteiger charge is -2.19. The summed E-state index contributed by atoms with van der Waals surface area (Å²) in [5.41, 5.74) is 1.18. The van der Waals surface area contributed by atoms with Crippen LogP contribution in [-0.2, 0) is 14.6 Å². The zero-order valence-corrected chi connectivity index (χ0v) is 20.4. The molecule has 0 heterocycles. The quantitative estimate of drug-likeness (QED) is 0.131. The maximum atomic E-state index is 13.4. The summed E-state index contributed by atoms with van der Waals surface area (Å²) in [7, 11) is -4.24. The van der Waals surface area contributed by atoms with Gasteiger partial charge in [0.1, 0.15) is 0 Å². The first kappa shape index (κ1) is 25.5. The Hall–Kier alpha value is -4.63. The van der Waals surface area contributed by atoms with E-state index in [1.165, 1.54) is 24.3 Å². The maximum absolute atomic E-state index is 13.4. The van der Waals surface area contributed by atoms with E-state index >= 15 is 0 Å². The lowest BCUT2D eigenvalue weighted by atomic mass is 9.99. The van der Waals surface area contributed by atoms with Crippen LogP contribution in [0.5, 0.6) is 0 Å². The fraction of sp³-hybridized carbons (Fsp3) is 0.0714. The van der Waals surface area contributed by atoms with Crippen LogP contribution in [0.15, 0.2) is 113 Å². The number of carbonyl (C=O) groups is 2. The summed E-state index contributed by atoms with van der Waals surface area (Å²) in [4.78, 5) is 36.4. The molecule has 1 atom stereocenters. The average Bonchev–Trinajstić information content (AvgIpc) is 2.92. The third kappa shape index (κ3) is 5.46. The number of nitrogens with zero attached hydrogens (tertiary/aromatic N) is 1. The third-order valence-electron chi connectivity index (χ3n) is 5.66. The summed E-state index contributed by atoms with van der Waals surface area (Å²) >= 11 is 0. The van der Waals surface area contributed by atoms with Crippen LogP contribution in [0.2, 0.25) is 0 Å². The lowest BCUT2D eigenvalue weighted by Crippen LogP contribution is -2.21. The molecule has 0 aromatic heterocycles. The van der Waals surface area contributed by atoms with Crippen molar-refractivity contribution in [1.82, 2.24) is 0 Å². The summed E-state index contributed by atoms with van der Waals surface area (Å²) in [5.74, 6) is -1.47. The van der Waals surface area contributed by atoms with Gasteiger partial charge in [-0.3, -0.25) is 14.9 Å². The Bertz CT molecular complexity index is 1560. The SMILES string of the molecule is Cc1ccc(C(=O)[C@@H](OC(=O)c2ccccc2S(=O)(=O)c2ccc([N+](=O)[O-])cc2)c2ccccc2)cc1. The first-order valence-electron chi connectivity index (χ1n) is 11.1. The molecule has 0 N–H and O–H groups in total. The van der Waals surface area contributed by atoms with Gasteiger partial charge in [0, 0.05) is 23.3 Å². The van der Waals surface area contributed by atoms with Gasteiger partial charge in [-0.1, -0.05) is 72.3 Å². The van der Waals surface area contributed by atoms with E-state index < -0.39 is 32.6 Å². The van der Waals surface area contributed by atoms with Crippen LogP contribution < -0.4 is 0 Å². The van der Waals surface area contributed by atoms with Crippen LogP contribution in [0, 0.1) is 17.0 Å². The molecule has 0 unspecified atom stereocenters. The summed E-state index contributed by atoms with van der Waals surface area (Å²) in [6.07, 6.45) is -1.31. The molecule has 0 saturated heterocycles. The van der Waals surface area contributed by atoms with Gasteiger partial charge in [-0.2, -0.15) is 0 Å². The smallest absolute Gasteiger partial charge is 0.340 e. The van der Waals surface area contributed by atoms with Crippen molar-refractivity contribution in [3.8, 4) is 0 Å². The standard InChI is InChI=1S/C28H21NO7S/c1-19-11-13-20(14-12-19)26(30)27(21-7-3-2-4-8-21)36-28(31)24-9-5-6-10-25(24)37(34,35)23-17-15-22(16-18-23)29(32)33/h2-18,27H,1H3/t27-/m0/s1. The number of Topliss-reactive ketones (excluding diaryl/α,β-unsaturated/α-hetero) is 1. The highest BCUT2D eigenvalue weighted by molar-refractivity contribution is 7.91. The molecule has 0 fully saturated rings. The normalized spacial score (nSPS) is 11.9. The number of benzene rings is 4. The van der Waals surface area contributed by atoms with E-state index in [1.54, 1.807) is 54.6 Å². The monoisotopic (exact) mass is 515 g/mol. The molecule has 37 heavy (non-hydrogen) atoms. The number of hydrogen-bond acceptors (Lipinski definition) is 7. The number of sulfone groups is 1. The van der Waals surface area contributed by atoms with Crippen molar-refractivity contribution in [2.45, 2.75) is 22.8 Å². The number of esters is 1. The molecule has 0 bridgehead atoms. The topological polar surface area (TPSA) is 121 Å². The molecule has 0 aliphatic rings. The molecule has 9 heteroatoms. The molecule has 0 radical (unpaired) electrons. The van der Waals surface area contributed by atoms with Crippen LogP contribution in [0.4, 0.5) is 5.69 Å². The minimum Gasteiger partial charge on any atom is -0.445 e. The fourth-order valence-corrected chi connectivity index (χ4v) is 5.13. The number of nitro benzene ring substituents is 1. The highest BCUT2D eigenvalue weighted by Crippen LogP contribution is 2.29. The summed E-state index contributed by atoms with van der Waals surface area (Å²) in [6.45, 7) is 1.88. The van der Waals surface area contributed by atoms with Crippen molar-refractivity contribution in [3.05, 3.63) is 135 Å². The second-order valence-corrected chi connectivity index (χ2v) is 10.1. The van der Waals surface area contributed by atoms with Gasteiger partial charge in [0.25, 0.3) is 5.69 Å². The molecule has 0 aliphatic heterocycles. The number of rotatable bonds is 8. The second-order valence-electron chi connectivity index (χ2n) is 8.18. The molecule has 0 aliphatic carbocycles. The van der Waals surface area contributed by atoms with Gasteiger partial charge < -0.3 is 4.74 Å². The van der Waals surface area contributed by atoms with E-state index in [9.17, 15) is 28.1 Å². The van der Waals surface area contributed by atoms with Crippen molar-refractivity contribution >= 4 is 27.3 Å². The van der Waals surface area contributed by atoms with Crippen LogP contribution >= 0.6 is 0 Å². The molecule has 186 valence electrons. The van der Waals surface area contributed by atoms with Crippen LogP contribution in [0.1, 0.15) is 37.9 Å². The Morgan fingerprint density at radius 2 is 1.41 bits per heavy atom. The minimum absolute atomic E-state index is 0.228. The maximum Gasteiger partial charge on any atom is 0.340 e. The zero-order valence-electron chi connectivity index (χ0n) is 19.6. The molecule has 4 aromatic carbocycles. The van der Waals surface area contributed by atoms with E-state index in [-0.39, 0.29) is 21.0 Å². The number of aryl methyl sites for hydroxylation is 1. The highest BCUT2D eigenvalue weighted by atomic mass is 32.2. The van der Waals surface area contributed by atoms with Gasteiger partial charge in [-0.05, 0) is 31.2 Å². The molecule has 4 aromatic rings. The Labute approximate surface area is 213 Å². The third-order valence-corrected chi connectivity index (χ3v) is 7.48. The van der Waals surface area contributed by atoms with E-state index in [0.717, 1.165) is 29.8 Å². The van der Waals surface area contributed by atoms with E-state index in [0.29, 0.717) is 11.1 Å². The second kappa shape index (κ2) is 10.5. The van der Waals surface area contributed by atoms with Gasteiger partial charge in [0.05, 0.1) is 20.3 Å². The Morgan fingerprint density at radius 3 is 2.03 bits per heavy atom. The van der Waals surface area contributed by atoms with Crippen LogP contribution in [0.25, 0.3) is 0 Å². The molecular formula is C28H21NO7S. The van der Waals surface area contributed by atoms with E-state index in [2.05, 4.69) is 0 Å². The number of non-ortho nitro benzene ring substituents is 1. The largest absolute Gasteiger partial charge is 0.445 e. The minimum atomic E-state index is -4.24.